The third-order valence-corrected chi connectivity index (χ3v) is 16.0. The molecule has 0 radical (unpaired) electrons. The van der Waals surface area contributed by atoms with Crippen LogP contribution in [0.25, 0.3) is 0 Å². The molecule has 6 fully saturated rings. The number of hydrogen-bond donors (Lipinski definition) is 6. The molecule has 22 heteroatoms. The monoisotopic (exact) mass is 960 g/mol. The van der Waals surface area contributed by atoms with E-state index in [4.69, 9.17) is 0 Å². The van der Waals surface area contributed by atoms with Gasteiger partial charge in [-0.2, -0.15) is 0 Å². The first-order chi connectivity index (χ1) is 31.6. The number of carbonyl (C=O) groups is 10. The Hall–Kier alpha value is -4.60. The van der Waals surface area contributed by atoms with E-state index in [0.29, 0.717) is 102 Å². The van der Waals surface area contributed by atoms with Crippen LogP contribution >= 0.6 is 21.6 Å². The van der Waals surface area contributed by atoms with Crippen LogP contribution in [0.3, 0.4) is 0 Å². The molecule has 0 saturated carbocycles. The molecule has 6 heterocycles. The van der Waals surface area contributed by atoms with Crippen LogP contribution in [0.5, 0.6) is 0 Å². The molecule has 0 unspecified atom stereocenters. The van der Waals surface area contributed by atoms with Crippen LogP contribution in [0, 0.1) is 11.8 Å². The lowest BCUT2D eigenvalue weighted by Crippen LogP contribution is -2.58. The van der Waals surface area contributed by atoms with Gasteiger partial charge in [-0.15, -0.1) is 0 Å². The molecule has 66 heavy (non-hydrogen) atoms. The van der Waals surface area contributed by atoms with E-state index in [1.165, 1.54) is 19.6 Å². The van der Waals surface area contributed by atoms with Gasteiger partial charge in [-0.1, -0.05) is 49.3 Å². The van der Waals surface area contributed by atoms with Crippen molar-refractivity contribution in [3.63, 3.8) is 0 Å². The van der Waals surface area contributed by atoms with Gasteiger partial charge < -0.3 is 51.5 Å². The van der Waals surface area contributed by atoms with Gasteiger partial charge >= 0.3 is 0 Å². The van der Waals surface area contributed by atoms with Crippen molar-refractivity contribution >= 4 is 80.7 Å². The van der Waals surface area contributed by atoms with Gasteiger partial charge in [0.1, 0.15) is 48.3 Å². The summed E-state index contributed by atoms with van der Waals surface area (Å²) in [5, 5.41) is 16.8. The van der Waals surface area contributed by atoms with Crippen LogP contribution in [0.1, 0.15) is 105 Å². The van der Waals surface area contributed by atoms with Crippen molar-refractivity contribution in [3.05, 3.63) is 0 Å². The van der Waals surface area contributed by atoms with Gasteiger partial charge in [0.2, 0.25) is 59.1 Å². The topological polar surface area (TPSA) is 256 Å². The first-order valence-electron chi connectivity index (χ1n) is 23.8. The Morgan fingerprint density at radius 3 is 1.23 bits per heavy atom. The van der Waals surface area contributed by atoms with E-state index in [9.17, 15) is 47.9 Å². The standard InChI is InChI=1S/C44H68N10O10S2/c1-25(2)35-41(61)47-27(23-33(55)51-17-7-13-31(51)43(63)53-19-5-11-29(53)39(59)49-35)37(57)45-15-9-21-65-66-22-10-16-46-38(58)28-24-34(56)52-18-8-14-32(52)44(64)54-20-6-12-30(54)40(60)50-36(26(3)4)42(62)48-28/h25-32,35-36H,5-24H2,1-4H3,(H,45,57)(H,46,58)(H,47,61)(H,48,62)(H,49,59)(H,50,60)/t27-,28-,29-,30-,31+,32+,35-,36-/m0/s1. The number of carbonyl (C=O) groups excluding carboxylic acids is 10. The molecule has 8 atom stereocenters. The van der Waals surface area contributed by atoms with Crippen molar-refractivity contribution in [2.24, 2.45) is 11.8 Å². The van der Waals surface area contributed by atoms with Crippen molar-refractivity contribution in [3.8, 4) is 0 Å². The summed E-state index contributed by atoms with van der Waals surface area (Å²) in [6, 6.07) is -7.28. The van der Waals surface area contributed by atoms with Crippen LogP contribution in [0.15, 0.2) is 0 Å². The fourth-order valence-corrected chi connectivity index (χ4v) is 12.0. The Kier molecular flexibility index (Phi) is 18.0. The Morgan fingerprint density at radius 2 is 0.864 bits per heavy atom. The summed E-state index contributed by atoms with van der Waals surface area (Å²) in [6.07, 6.45) is 4.87. The predicted octanol–water partition coefficient (Wildman–Crippen LogP) is -0.597. The average molecular weight is 961 g/mol. The summed E-state index contributed by atoms with van der Waals surface area (Å²) in [5.41, 5.74) is 0. The minimum absolute atomic E-state index is 0.271. The Labute approximate surface area is 394 Å². The first kappa shape index (κ1) is 50.8. The molecule has 6 aliphatic rings. The van der Waals surface area contributed by atoms with Gasteiger partial charge in [0.15, 0.2) is 0 Å². The number of fused-ring (bicyclic) bond motifs is 4. The van der Waals surface area contributed by atoms with E-state index in [-0.39, 0.29) is 49.6 Å². The zero-order chi connectivity index (χ0) is 47.7. The highest BCUT2D eigenvalue weighted by Crippen LogP contribution is 2.29. The van der Waals surface area contributed by atoms with E-state index in [0.717, 1.165) is 0 Å². The van der Waals surface area contributed by atoms with E-state index in [2.05, 4.69) is 31.9 Å². The maximum atomic E-state index is 13.7. The normalized spacial score (nSPS) is 29.2. The second-order valence-corrected chi connectivity index (χ2v) is 21.5. The fraction of sp³-hybridized carbons (Fsp3) is 0.773. The average Bonchev–Trinajstić information content (AvgIpc) is 4.13. The molecule has 0 aromatic rings. The molecule has 0 aromatic heterocycles. The van der Waals surface area contributed by atoms with Crippen molar-refractivity contribution in [1.29, 1.82) is 0 Å². The predicted molar refractivity (Wildman–Crippen MR) is 246 cm³/mol. The van der Waals surface area contributed by atoms with E-state index >= 15 is 0 Å². The summed E-state index contributed by atoms with van der Waals surface area (Å²) in [6.45, 7) is 9.13. The van der Waals surface area contributed by atoms with Crippen LogP contribution in [-0.2, 0) is 47.9 Å². The van der Waals surface area contributed by atoms with Crippen molar-refractivity contribution < 1.29 is 47.9 Å². The van der Waals surface area contributed by atoms with Gasteiger partial charge in [-0.25, -0.2) is 0 Å². The van der Waals surface area contributed by atoms with Crippen LogP contribution in [-0.4, -0.2) is 178 Å². The molecule has 6 rings (SSSR count). The number of amides is 10. The van der Waals surface area contributed by atoms with E-state index in [1.807, 2.05) is 0 Å². The molecule has 0 aliphatic carbocycles. The van der Waals surface area contributed by atoms with Crippen LogP contribution < -0.4 is 31.9 Å². The molecule has 6 N–H and O–H groups in total. The van der Waals surface area contributed by atoms with Crippen molar-refractivity contribution in [1.82, 2.24) is 51.5 Å². The third kappa shape index (κ3) is 12.3. The minimum atomic E-state index is -1.21. The zero-order valence-electron chi connectivity index (χ0n) is 38.6. The number of nitrogens with one attached hydrogen (secondary N) is 6. The van der Waals surface area contributed by atoms with Crippen LogP contribution in [0.4, 0.5) is 0 Å². The lowest BCUT2D eigenvalue weighted by atomic mass is 10.0. The Morgan fingerprint density at radius 1 is 0.515 bits per heavy atom. The van der Waals surface area contributed by atoms with E-state index < -0.39 is 95.6 Å². The molecule has 0 bridgehead atoms. The zero-order valence-corrected chi connectivity index (χ0v) is 40.2. The highest BCUT2D eigenvalue weighted by molar-refractivity contribution is 8.76. The van der Waals surface area contributed by atoms with Gasteiger partial charge in [-0.3, -0.25) is 47.9 Å². The van der Waals surface area contributed by atoms with Crippen LogP contribution in [0.2, 0.25) is 0 Å². The maximum absolute atomic E-state index is 13.7. The molecular weight excluding hydrogens is 893 g/mol. The lowest BCUT2D eigenvalue weighted by Gasteiger charge is -2.31. The summed E-state index contributed by atoms with van der Waals surface area (Å²) in [4.78, 5) is 142. The maximum Gasteiger partial charge on any atom is 0.246 e. The van der Waals surface area contributed by atoms with Gasteiger partial charge in [0, 0.05) is 50.8 Å². The second kappa shape index (κ2) is 23.4. The SMILES string of the molecule is CC(C)[C@@H]1NC(=O)[C@@H]2CCCN2C(=O)[C@H]2CCCN2C(=O)C[C@@H](C(=O)NCCCSSCCCNC(=O)[C@@H]2CC(=O)N3CCC[C@@H]3C(=O)N3CCC[C@H]3C(=O)N[C@@H](C(C)C)C(=O)N2)NC1=O. The summed E-state index contributed by atoms with van der Waals surface area (Å²) >= 11 is 0. The van der Waals surface area contributed by atoms with Gasteiger partial charge in [0.05, 0.1) is 12.8 Å². The second-order valence-electron chi connectivity index (χ2n) is 18.8. The quantitative estimate of drug-likeness (QED) is 0.100. The Balaban J connectivity index is 0.955. The number of nitrogens with zero attached hydrogens (tertiary/aromatic N) is 4. The highest BCUT2D eigenvalue weighted by Gasteiger charge is 2.46. The molecule has 6 aliphatic heterocycles. The van der Waals surface area contributed by atoms with E-state index in [1.54, 1.807) is 49.3 Å². The molecule has 0 spiro atoms. The molecule has 0 aromatic carbocycles. The largest absolute Gasteiger partial charge is 0.354 e. The molecule has 20 nitrogen and oxygen atoms in total. The van der Waals surface area contributed by atoms with Crippen molar-refractivity contribution in [2.45, 2.75) is 153 Å². The fourth-order valence-electron chi connectivity index (χ4n) is 9.78. The first-order valence-corrected chi connectivity index (χ1v) is 26.3. The molecule has 366 valence electrons. The minimum Gasteiger partial charge on any atom is -0.354 e. The van der Waals surface area contributed by atoms with Crippen molar-refractivity contribution in [2.75, 3.05) is 50.8 Å². The number of hydrogen-bond acceptors (Lipinski definition) is 12. The number of rotatable bonds is 13. The molecular formula is C44H68N10O10S2. The highest BCUT2D eigenvalue weighted by atomic mass is 33.1. The molecule has 6 saturated heterocycles. The smallest absolute Gasteiger partial charge is 0.246 e. The lowest BCUT2D eigenvalue weighted by molar-refractivity contribution is -0.147. The van der Waals surface area contributed by atoms with Gasteiger partial charge in [0.25, 0.3) is 0 Å². The third-order valence-electron chi connectivity index (χ3n) is 13.4. The molecule has 10 amide bonds. The Bertz CT molecular complexity index is 1720. The summed E-state index contributed by atoms with van der Waals surface area (Å²) in [5.74, 6) is -3.79. The summed E-state index contributed by atoms with van der Waals surface area (Å²) in [7, 11) is 3.15. The summed E-state index contributed by atoms with van der Waals surface area (Å²) < 4.78 is 0. The van der Waals surface area contributed by atoms with Gasteiger partial charge in [-0.05, 0) is 76.0 Å².